The molecule has 1 aliphatic heterocycles. The molecule has 0 N–H and O–H groups in total. The molecule has 40 heavy (non-hydrogen) atoms. The summed E-state index contributed by atoms with van der Waals surface area (Å²) in [4.78, 5) is 2.41. The maximum atomic E-state index is 2.41. The number of anilines is 3. The second-order valence-corrected chi connectivity index (χ2v) is 11.2. The molecule has 1 heterocycles. The molecular formula is C39H31N. The van der Waals surface area contributed by atoms with E-state index in [-0.39, 0.29) is 0 Å². The average molecular weight is 514 g/mol. The van der Waals surface area contributed by atoms with E-state index in [2.05, 4.69) is 138 Å². The molecule has 0 saturated heterocycles. The highest BCUT2D eigenvalue weighted by Gasteiger charge is 2.29. The molecule has 5 aromatic rings. The Morgan fingerprint density at radius 1 is 0.550 bits per heavy atom. The van der Waals surface area contributed by atoms with E-state index >= 15 is 0 Å². The van der Waals surface area contributed by atoms with Crippen molar-refractivity contribution in [3.05, 3.63) is 172 Å². The van der Waals surface area contributed by atoms with Gasteiger partial charge in [0.25, 0.3) is 0 Å². The highest BCUT2D eigenvalue weighted by atomic mass is 15.2. The monoisotopic (exact) mass is 513 g/mol. The molecular weight excluding hydrogens is 482 g/mol. The Labute approximate surface area is 236 Å². The summed E-state index contributed by atoms with van der Waals surface area (Å²) < 4.78 is 0. The fraction of sp³-hybridized carbons (Fsp3) is 0.128. The Hall–Kier alpha value is -4.62. The highest BCUT2D eigenvalue weighted by Crippen LogP contribution is 2.46. The molecule has 0 amide bonds. The van der Waals surface area contributed by atoms with E-state index in [4.69, 9.17) is 0 Å². The topological polar surface area (TPSA) is 3.24 Å². The summed E-state index contributed by atoms with van der Waals surface area (Å²) in [5.74, 6) is 0.362. The van der Waals surface area contributed by atoms with Crippen molar-refractivity contribution >= 4 is 17.1 Å². The van der Waals surface area contributed by atoms with Crippen molar-refractivity contribution in [1.82, 2.24) is 0 Å². The normalized spacial score (nSPS) is 17.1. The Morgan fingerprint density at radius 3 is 1.85 bits per heavy atom. The van der Waals surface area contributed by atoms with Gasteiger partial charge in [-0.05, 0) is 88.0 Å². The van der Waals surface area contributed by atoms with Crippen molar-refractivity contribution in [3.63, 3.8) is 0 Å². The number of rotatable bonds is 3. The smallest absolute Gasteiger partial charge is 0.0497 e. The number of nitrogens with zero attached hydrogens (tertiary/aromatic N) is 1. The maximum Gasteiger partial charge on any atom is 0.0497 e. The number of fused-ring (bicyclic) bond motifs is 3. The molecule has 8 rings (SSSR count). The average Bonchev–Trinajstić information content (AvgIpc) is 3.03. The SMILES string of the molecule is C1=CC2=C(CC1)C(c1ccc(-c3ccc(N4c5ccccc5Cc5ccccc54)cc3)cc1)c1ccccc1C2. The number of allylic oxidation sites excluding steroid dienone is 4. The van der Waals surface area contributed by atoms with E-state index in [0.717, 1.165) is 25.7 Å². The zero-order valence-electron chi connectivity index (χ0n) is 22.6. The molecule has 0 fully saturated rings. The lowest BCUT2D eigenvalue weighted by Crippen LogP contribution is -2.18. The second-order valence-electron chi connectivity index (χ2n) is 11.2. The first kappa shape index (κ1) is 23.3. The molecule has 192 valence electrons. The standard InChI is InChI=1S/C39H31N/c1-5-13-35-30(9-1)25-31-10-2-6-14-36(31)39(35)29-19-17-27(18-20-29)28-21-23-34(24-22-28)40-37-15-7-3-11-32(37)26-33-12-4-8-16-38(33)40/h1-5,7-13,15-24,39H,6,14,25-26H2. The first-order chi connectivity index (χ1) is 19.8. The zero-order chi connectivity index (χ0) is 26.5. The van der Waals surface area contributed by atoms with E-state index in [1.54, 1.807) is 5.57 Å². The third kappa shape index (κ3) is 3.85. The third-order valence-corrected chi connectivity index (χ3v) is 8.96. The van der Waals surface area contributed by atoms with Crippen molar-refractivity contribution in [2.75, 3.05) is 4.90 Å². The minimum Gasteiger partial charge on any atom is -0.310 e. The van der Waals surface area contributed by atoms with Crippen LogP contribution in [0.3, 0.4) is 0 Å². The van der Waals surface area contributed by atoms with Crippen LogP contribution in [-0.2, 0) is 12.8 Å². The number of hydrogen-bond donors (Lipinski definition) is 0. The van der Waals surface area contributed by atoms with E-state index in [1.807, 2.05) is 0 Å². The van der Waals surface area contributed by atoms with Gasteiger partial charge in [0.2, 0.25) is 0 Å². The van der Waals surface area contributed by atoms with Gasteiger partial charge in [0, 0.05) is 29.4 Å². The number of hydrogen-bond acceptors (Lipinski definition) is 1. The van der Waals surface area contributed by atoms with Crippen molar-refractivity contribution in [2.24, 2.45) is 0 Å². The Morgan fingerprint density at radius 2 is 1.15 bits per heavy atom. The van der Waals surface area contributed by atoms with Crippen molar-refractivity contribution in [1.29, 1.82) is 0 Å². The molecule has 5 aromatic carbocycles. The summed E-state index contributed by atoms with van der Waals surface area (Å²) in [5, 5.41) is 0. The van der Waals surface area contributed by atoms with Gasteiger partial charge in [0.1, 0.15) is 0 Å². The van der Waals surface area contributed by atoms with Crippen LogP contribution in [0.1, 0.15) is 46.6 Å². The quantitative estimate of drug-likeness (QED) is 0.228. The Kier molecular flexibility index (Phi) is 5.55. The minimum atomic E-state index is 0.362. The summed E-state index contributed by atoms with van der Waals surface area (Å²) in [6, 6.07) is 45.0. The van der Waals surface area contributed by atoms with Crippen LogP contribution >= 0.6 is 0 Å². The summed E-state index contributed by atoms with van der Waals surface area (Å²) >= 11 is 0. The van der Waals surface area contributed by atoms with E-state index in [9.17, 15) is 0 Å². The van der Waals surface area contributed by atoms with Crippen LogP contribution in [-0.4, -0.2) is 0 Å². The van der Waals surface area contributed by atoms with Crippen molar-refractivity contribution < 1.29 is 0 Å². The lowest BCUT2D eigenvalue weighted by Gasteiger charge is -2.33. The van der Waals surface area contributed by atoms with Gasteiger partial charge in [-0.15, -0.1) is 0 Å². The van der Waals surface area contributed by atoms with Gasteiger partial charge >= 0.3 is 0 Å². The van der Waals surface area contributed by atoms with Crippen LogP contribution in [0.25, 0.3) is 11.1 Å². The van der Waals surface area contributed by atoms with Crippen LogP contribution in [0.5, 0.6) is 0 Å². The molecule has 1 unspecified atom stereocenters. The van der Waals surface area contributed by atoms with E-state index in [1.165, 1.54) is 61.6 Å². The predicted octanol–water partition coefficient (Wildman–Crippen LogP) is 10.1. The molecule has 1 nitrogen and oxygen atoms in total. The minimum absolute atomic E-state index is 0.362. The molecule has 0 radical (unpaired) electrons. The lowest BCUT2D eigenvalue weighted by atomic mass is 9.72. The largest absolute Gasteiger partial charge is 0.310 e. The highest BCUT2D eigenvalue weighted by molar-refractivity contribution is 5.84. The van der Waals surface area contributed by atoms with Gasteiger partial charge in [-0.3, -0.25) is 0 Å². The second kappa shape index (κ2) is 9.54. The van der Waals surface area contributed by atoms with Gasteiger partial charge in [-0.1, -0.05) is 115 Å². The predicted molar refractivity (Wildman–Crippen MR) is 167 cm³/mol. The molecule has 3 aliphatic rings. The van der Waals surface area contributed by atoms with Crippen LogP contribution in [0, 0.1) is 0 Å². The van der Waals surface area contributed by atoms with Gasteiger partial charge in [0.05, 0.1) is 0 Å². The molecule has 1 heteroatoms. The first-order valence-electron chi connectivity index (χ1n) is 14.5. The first-order valence-corrected chi connectivity index (χ1v) is 14.5. The fourth-order valence-corrected chi connectivity index (χ4v) is 7.03. The van der Waals surface area contributed by atoms with Crippen LogP contribution < -0.4 is 4.90 Å². The summed E-state index contributed by atoms with van der Waals surface area (Å²) in [7, 11) is 0. The lowest BCUT2D eigenvalue weighted by molar-refractivity contribution is 0.773. The van der Waals surface area contributed by atoms with Crippen LogP contribution in [0.15, 0.2) is 145 Å². The van der Waals surface area contributed by atoms with Gasteiger partial charge in [-0.2, -0.15) is 0 Å². The van der Waals surface area contributed by atoms with Gasteiger partial charge < -0.3 is 4.90 Å². The zero-order valence-corrected chi connectivity index (χ0v) is 22.6. The van der Waals surface area contributed by atoms with Crippen molar-refractivity contribution in [3.8, 4) is 11.1 Å². The number of para-hydroxylation sites is 2. The molecule has 0 spiro atoms. The van der Waals surface area contributed by atoms with E-state index < -0.39 is 0 Å². The molecule has 0 bridgehead atoms. The fourth-order valence-electron chi connectivity index (χ4n) is 7.03. The summed E-state index contributed by atoms with van der Waals surface area (Å²) in [6.45, 7) is 0. The van der Waals surface area contributed by atoms with Crippen LogP contribution in [0.4, 0.5) is 17.1 Å². The Bertz CT molecular complexity index is 1740. The molecule has 1 atom stereocenters. The van der Waals surface area contributed by atoms with Gasteiger partial charge in [-0.25, -0.2) is 0 Å². The van der Waals surface area contributed by atoms with Crippen molar-refractivity contribution in [2.45, 2.75) is 31.6 Å². The Balaban J connectivity index is 1.13. The maximum absolute atomic E-state index is 2.41. The van der Waals surface area contributed by atoms with Gasteiger partial charge in [0.15, 0.2) is 0 Å². The van der Waals surface area contributed by atoms with Crippen LogP contribution in [0.2, 0.25) is 0 Å². The van der Waals surface area contributed by atoms with E-state index in [0.29, 0.717) is 5.92 Å². The molecule has 2 aliphatic carbocycles. The third-order valence-electron chi connectivity index (χ3n) is 8.96. The molecule has 0 saturated carbocycles. The number of benzene rings is 5. The summed E-state index contributed by atoms with van der Waals surface area (Å²) in [6.07, 6.45) is 9.07. The molecule has 0 aromatic heterocycles. The summed E-state index contributed by atoms with van der Waals surface area (Å²) in [5.41, 5.74) is 16.5.